The van der Waals surface area contributed by atoms with Crippen molar-refractivity contribution in [1.82, 2.24) is 20.8 Å². The van der Waals surface area contributed by atoms with E-state index in [4.69, 9.17) is 4.52 Å². The average Bonchev–Trinajstić information content (AvgIpc) is 3.19. The van der Waals surface area contributed by atoms with Crippen molar-refractivity contribution >= 4 is 29.9 Å². The first-order valence-corrected chi connectivity index (χ1v) is 9.09. The SMILES string of the molecule is CCNC(=NCCCc1nc(C)no1)NCCCC1CCCC1.I. The van der Waals surface area contributed by atoms with Gasteiger partial charge < -0.3 is 15.2 Å². The third kappa shape index (κ3) is 8.30. The summed E-state index contributed by atoms with van der Waals surface area (Å²) in [5.74, 6) is 3.28. The number of aliphatic imine (C=N–C) groups is 1. The Hall–Kier alpha value is -0.860. The molecule has 0 unspecified atom stereocenters. The molecule has 1 aliphatic carbocycles. The minimum atomic E-state index is 0. The molecule has 7 heteroatoms. The predicted octanol–water partition coefficient (Wildman–Crippen LogP) is 3.45. The van der Waals surface area contributed by atoms with Crippen LogP contribution >= 0.6 is 24.0 Å². The maximum Gasteiger partial charge on any atom is 0.226 e. The highest BCUT2D eigenvalue weighted by Crippen LogP contribution is 2.28. The van der Waals surface area contributed by atoms with Crippen LogP contribution in [-0.4, -0.2) is 35.7 Å². The first-order chi connectivity index (χ1) is 11.3. The number of aromatic nitrogens is 2. The van der Waals surface area contributed by atoms with Gasteiger partial charge in [0.1, 0.15) is 0 Å². The molecule has 0 bridgehead atoms. The van der Waals surface area contributed by atoms with Crippen LogP contribution in [0.1, 0.15) is 63.6 Å². The lowest BCUT2D eigenvalue weighted by Gasteiger charge is -2.12. The maximum absolute atomic E-state index is 5.11. The molecule has 0 aromatic carbocycles. The van der Waals surface area contributed by atoms with Crippen LogP contribution in [0.15, 0.2) is 9.52 Å². The van der Waals surface area contributed by atoms with Gasteiger partial charge >= 0.3 is 0 Å². The summed E-state index contributed by atoms with van der Waals surface area (Å²) in [6.45, 7) is 6.59. The molecule has 1 aliphatic rings. The fourth-order valence-corrected chi connectivity index (χ4v) is 3.10. The van der Waals surface area contributed by atoms with Gasteiger partial charge in [-0.3, -0.25) is 4.99 Å². The summed E-state index contributed by atoms with van der Waals surface area (Å²) in [7, 11) is 0. The van der Waals surface area contributed by atoms with Crippen molar-refractivity contribution in [3.05, 3.63) is 11.7 Å². The van der Waals surface area contributed by atoms with Gasteiger partial charge in [0.25, 0.3) is 0 Å². The number of halogens is 1. The van der Waals surface area contributed by atoms with E-state index in [9.17, 15) is 0 Å². The van der Waals surface area contributed by atoms with E-state index in [1.807, 2.05) is 6.92 Å². The Kier molecular flexibility index (Phi) is 11.0. The van der Waals surface area contributed by atoms with Crippen molar-refractivity contribution in [3.63, 3.8) is 0 Å². The third-order valence-corrected chi connectivity index (χ3v) is 4.29. The van der Waals surface area contributed by atoms with Gasteiger partial charge in [0.2, 0.25) is 5.89 Å². The lowest BCUT2D eigenvalue weighted by molar-refractivity contribution is 0.372. The van der Waals surface area contributed by atoms with E-state index < -0.39 is 0 Å². The molecule has 0 saturated heterocycles. The van der Waals surface area contributed by atoms with Crippen LogP contribution in [0, 0.1) is 12.8 Å². The molecular weight excluding hydrogens is 417 g/mol. The quantitative estimate of drug-likeness (QED) is 0.262. The second kappa shape index (κ2) is 12.5. The van der Waals surface area contributed by atoms with Crippen LogP contribution in [0.3, 0.4) is 0 Å². The van der Waals surface area contributed by atoms with Gasteiger partial charge in [-0.25, -0.2) is 0 Å². The van der Waals surface area contributed by atoms with Gasteiger partial charge in [0, 0.05) is 26.1 Å². The standard InChI is InChI=1S/C17H31N5O.HI/c1-3-18-17(19-12-6-10-15-8-4-5-9-15)20-13-7-11-16-21-14(2)22-23-16;/h15H,3-13H2,1-2H3,(H2,18,19,20);1H. The summed E-state index contributed by atoms with van der Waals surface area (Å²) in [5.41, 5.74) is 0. The van der Waals surface area contributed by atoms with Crippen LogP contribution in [-0.2, 0) is 6.42 Å². The second-order valence-electron chi connectivity index (χ2n) is 6.32. The molecule has 1 fully saturated rings. The number of hydrogen-bond acceptors (Lipinski definition) is 4. The Labute approximate surface area is 162 Å². The van der Waals surface area contributed by atoms with E-state index in [-0.39, 0.29) is 24.0 Å². The van der Waals surface area contributed by atoms with Crippen molar-refractivity contribution < 1.29 is 4.52 Å². The Balaban J connectivity index is 0.00000288. The van der Waals surface area contributed by atoms with Gasteiger partial charge in [-0.2, -0.15) is 4.98 Å². The molecule has 6 nitrogen and oxygen atoms in total. The van der Waals surface area contributed by atoms with E-state index in [0.717, 1.165) is 44.4 Å². The number of hydrogen-bond donors (Lipinski definition) is 2. The maximum atomic E-state index is 5.11. The first-order valence-electron chi connectivity index (χ1n) is 9.09. The smallest absolute Gasteiger partial charge is 0.226 e. The number of aryl methyl sites for hydroxylation is 2. The van der Waals surface area contributed by atoms with E-state index in [0.29, 0.717) is 11.7 Å². The highest BCUT2D eigenvalue weighted by Gasteiger charge is 2.13. The van der Waals surface area contributed by atoms with Crippen LogP contribution in [0.4, 0.5) is 0 Å². The zero-order valence-electron chi connectivity index (χ0n) is 15.0. The minimum absolute atomic E-state index is 0. The minimum Gasteiger partial charge on any atom is -0.357 e. The summed E-state index contributed by atoms with van der Waals surface area (Å²) in [6.07, 6.45) is 10.0. The van der Waals surface area contributed by atoms with E-state index in [1.165, 1.54) is 38.5 Å². The summed E-state index contributed by atoms with van der Waals surface area (Å²) in [6, 6.07) is 0. The molecule has 1 aromatic heterocycles. The van der Waals surface area contributed by atoms with Crippen molar-refractivity contribution in [2.75, 3.05) is 19.6 Å². The van der Waals surface area contributed by atoms with E-state index in [1.54, 1.807) is 0 Å². The van der Waals surface area contributed by atoms with Gasteiger partial charge in [0.15, 0.2) is 11.8 Å². The van der Waals surface area contributed by atoms with Crippen molar-refractivity contribution in [1.29, 1.82) is 0 Å². The Morgan fingerprint density at radius 2 is 2.04 bits per heavy atom. The Bertz CT molecular complexity index is 471. The number of nitrogens with zero attached hydrogens (tertiary/aromatic N) is 3. The van der Waals surface area contributed by atoms with Gasteiger partial charge in [-0.15, -0.1) is 24.0 Å². The molecule has 0 spiro atoms. The largest absolute Gasteiger partial charge is 0.357 e. The fourth-order valence-electron chi connectivity index (χ4n) is 3.10. The van der Waals surface area contributed by atoms with Gasteiger partial charge in [-0.1, -0.05) is 30.8 Å². The monoisotopic (exact) mass is 449 g/mol. The van der Waals surface area contributed by atoms with Crippen molar-refractivity contribution in [3.8, 4) is 0 Å². The van der Waals surface area contributed by atoms with Crippen LogP contribution in [0.2, 0.25) is 0 Å². The highest BCUT2D eigenvalue weighted by molar-refractivity contribution is 14.0. The predicted molar refractivity (Wildman–Crippen MR) is 108 cm³/mol. The molecule has 1 heterocycles. The first kappa shape index (κ1) is 21.2. The molecule has 2 N–H and O–H groups in total. The molecule has 24 heavy (non-hydrogen) atoms. The third-order valence-electron chi connectivity index (χ3n) is 4.29. The summed E-state index contributed by atoms with van der Waals surface area (Å²) < 4.78 is 5.11. The molecule has 0 atom stereocenters. The van der Waals surface area contributed by atoms with Crippen LogP contribution < -0.4 is 10.6 Å². The number of rotatable bonds is 9. The highest BCUT2D eigenvalue weighted by atomic mass is 127. The number of nitrogens with one attached hydrogen (secondary N) is 2. The molecule has 1 aromatic rings. The van der Waals surface area contributed by atoms with Crippen molar-refractivity contribution in [2.45, 2.75) is 65.2 Å². The van der Waals surface area contributed by atoms with Crippen molar-refractivity contribution in [2.24, 2.45) is 10.9 Å². The summed E-state index contributed by atoms with van der Waals surface area (Å²) >= 11 is 0. The van der Waals surface area contributed by atoms with Gasteiger partial charge in [-0.05, 0) is 39.0 Å². The zero-order chi connectivity index (χ0) is 16.3. The molecule has 2 rings (SSSR count). The Morgan fingerprint density at radius 3 is 2.71 bits per heavy atom. The number of guanidine groups is 1. The lowest BCUT2D eigenvalue weighted by Crippen LogP contribution is -2.38. The van der Waals surface area contributed by atoms with E-state index in [2.05, 4.69) is 32.7 Å². The topological polar surface area (TPSA) is 75.3 Å². The van der Waals surface area contributed by atoms with Gasteiger partial charge in [0.05, 0.1) is 0 Å². The zero-order valence-corrected chi connectivity index (χ0v) is 17.3. The normalized spacial score (nSPS) is 15.3. The fraction of sp³-hybridized carbons (Fsp3) is 0.824. The molecular formula is C17H32IN5O. The molecule has 0 aliphatic heterocycles. The summed E-state index contributed by atoms with van der Waals surface area (Å²) in [5, 5.41) is 10.5. The molecule has 138 valence electrons. The summed E-state index contributed by atoms with van der Waals surface area (Å²) in [4.78, 5) is 8.81. The second-order valence-corrected chi connectivity index (χ2v) is 6.32. The molecule has 0 radical (unpaired) electrons. The van der Waals surface area contributed by atoms with Crippen LogP contribution in [0.25, 0.3) is 0 Å². The van der Waals surface area contributed by atoms with E-state index >= 15 is 0 Å². The molecule has 1 saturated carbocycles. The average molecular weight is 449 g/mol. The lowest BCUT2D eigenvalue weighted by atomic mass is 10.0. The molecule has 0 amide bonds. The Morgan fingerprint density at radius 1 is 1.25 bits per heavy atom. The van der Waals surface area contributed by atoms with Crippen LogP contribution in [0.5, 0.6) is 0 Å².